The summed E-state index contributed by atoms with van der Waals surface area (Å²) in [6.45, 7) is 4.65. The first kappa shape index (κ1) is 11.2. The maximum atomic E-state index is 5.89. The molecule has 1 heterocycles. The van der Waals surface area contributed by atoms with Gasteiger partial charge in [-0.25, -0.2) is 4.98 Å². The molecule has 0 amide bonds. The Balaban J connectivity index is 2.02. The second kappa shape index (κ2) is 4.73. The predicted octanol–water partition coefficient (Wildman–Crippen LogP) is 2.90. The number of hydrogen-bond acceptors (Lipinski definition) is 3. The minimum absolute atomic E-state index is 0.522. The third-order valence-corrected chi connectivity index (χ3v) is 3.59. The van der Waals surface area contributed by atoms with Gasteiger partial charge in [-0.2, -0.15) is 0 Å². The Labute approximate surface area is 97.5 Å². The maximum Gasteiger partial charge on any atom is 0.149 e. The van der Waals surface area contributed by atoms with Crippen molar-refractivity contribution in [1.29, 1.82) is 0 Å². The van der Waals surface area contributed by atoms with Crippen LogP contribution >= 0.6 is 0 Å². The molecule has 3 nitrogen and oxygen atoms in total. The summed E-state index contributed by atoms with van der Waals surface area (Å²) in [4.78, 5) is 4.29. The van der Waals surface area contributed by atoms with Gasteiger partial charge in [-0.15, -0.1) is 0 Å². The van der Waals surface area contributed by atoms with Crippen LogP contribution in [0.3, 0.4) is 0 Å². The van der Waals surface area contributed by atoms with E-state index in [2.05, 4.69) is 24.1 Å². The van der Waals surface area contributed by atoms with E-state index in [9.17, 15) is 0 Å². The van der Waals surface area contributed by atoms with Gasteiger partial charge in [0, 0.05) is 12.2 Å². The van der Waals surface area contributed by atoms with Crippen molar-refractivity contribution in [1.82, 2.24) is 4.98 Å². The van der Waals surface area contributed by atoms with Crippen LogP contribution in [-0.2, 0) is 0 Å². The zero-order valence-corrected chi connectivity index (χ0v) is 10.1. The Kier molecular flexibility index (Phi) is 3.32. The zero-order chi connectivity index (χ0) is 11.5. The molecule has 1 aromatic rings. The number of nitrogens with zero attached hydrogens (tertiary/aromatic N) is 1. The molecule has 0 radical (unpaired) electrons. The van der Waals surface area contributed by atoms with Crippen LogP contribution in [0.1, 0.15) is 33.1 Å². The largest absolute Gasteiger partial charge is 0.396 e. The van der Waals surface area contributed by atoms with Gasteiger partial charge in [0.2, 0.25) is 0 Å². The van der Waals surface area contributed by atoms with Crippen LogP contribution in [-0.4, -0.2) is 11.0 Å². The number of pyridine rings is 1. The van der Waals surface area contributed by atoms with E-state index in [-0.39, 0.29) is 0 Å². The number of anilines is 2. The molecule has 3 heteroatoms. The Morgan fingerprint density at radius 3 is 2.88 bits per heavy atom. The summed E-state index contributed by atoms with van der Waals surface area (Å²) < 4.78 is 0. The van der Waals surface area contributed by atoms with Crippen LogP contribution in [0.5, 0.6) is 0 Å². The number of nitrogens with two attached hydrogens (primary N) is 1. The monoisotopic (exact) mass is 219 g/mol. The highest BCUT2D eigenvalue weighted by Crippen LogP contribution is 2.31. The second-order valence-corrected chi connectivity index (χ2v) is 5.09. The van der Waals surface area contributed by atoms with Crippen molar-refractivity contribution >= 4 is 11.5 Å². The van der Waals surface area contributed by atoms with Crippen molar-refractivity contribution in [2.45, 2.75) is 39.2 Å². The van der Waals surface area contributed by atoms with Gasteiger partial charge < -0.3 is 11.1 Å². The smallest absolute Gasteiger partial charge is 0.149 e. The summed E-state index contributed by atoms with van der Waals surface area (Å²) in [5, 5.41) is 3.48. The molecule has 3 N–H and O–H groups in total. The number of hydrogen-bond donors (Lipinski definition) is 2. The predicted molar refractivity (Wildman–Crippen MR) is 68.2 cm³/mol. The van der Waals surface area contributed by atoms with E-state index in [4.69, 9.17) is 5.73 Å². The standard InChI is InChI=1S/C13H21N3/c1-9-5-6-12(10(2)8-9)16-13-11(14)4-3-7-15-13/h3-4,7,9-10,12H,5-6,8,14H2,1-2H3,(H,15,16). The van der Waals surface area contributed by atoms with Crippen molar-refractivity contribution in [3.63, 3.8) is 0 Å². The molecule has 3 unspecified atom stereocenters. The summed E-state index contributed by atoms with van der Waals surface area (Å²) in [5.74, 6) is 2.40. The molecule has 1 fully saturated rings. The van der Waals surface area contributed by atoms with Gasteiger partial charge in [0.15, 0.2) is 0 Å². The third kappa shape index (κ3) is 2.46. The lowest BCUT2D eigenvalue weighted by molar-refractivity contribution is 0.276. The van der Waals surface area contributed by atoms with E-state index in [1.165, 1.54) is 19.3 Å². The molecular weight excluding hydrogens is 198 g/mol. The molecule has 1 aliphatic rings. The molecular formula is C13H21N3. The van der Waals surface area contributed by atoms with Gasteiger partial charge in [0.05, 0.1) is 5.69 Å². The molecule has 3 atom stereocenters. The SMILES string of the molecule is CC1CCC(Nc2ncccc2N)C(C)C1. The first-order valence-corrected chi connectivity index (χ1v) is 6.14. The van der Waals surface area contributed by atoms with Gasteiger partial charge in [0.25, 0.3) is 0 Å². The molecule has 88 valence electrons. The van der Waals surface area contributed by atoms with E-state index in [1.807, 2.05) is 12.1 Å². The lowest BCUT2D eigenvalue weighted by Gasteiger charge is -2.33. The molecule has 0 bridgehead atoms. The normalized spacial score (nSPS) is 30.0. The summed E-state index contributed by atoms with van der Waals surface area (Å²) in [5.41, 5.74) is 6.63. The van der Waals surface area contributed by atoms with E-state index < -0.39 is 0 Å². The van der Waals surface area contributed by atoms with Crippen LogP contribution in [0.4, 0.5) is 11.5 Å². The van der Waals surface area contributed by atoms with Crippen LogP contribution in [0.25, 0.3) is 0 Å². The van der Waals surface area contributed by atoms with Crippen molar-refractivity contribution in [2.24, 2.45) is 11.8 Å². The summed E-state index contributed by atoms with van der Waals surface area (Å²) >= 11 is 0. The lowest BCUT2D eigenvalue weighted by Crippen LogP contribution is -2.33. The number of nitrogen functional groups attached to an aromatic ring is 1. The Morgan fingerprint density at radius 1 is 1.38 bits per heavy atom. The second-order valence-electron chi connectivity index (χ2n) is 5.09. The topological polar surface area (TPSA) is 50.9 Å². The van der Waals surface area contributed by atoms with Gasteiger partial charge in [-0.1, -0.05) is 13.8 Å². The molecule has 1 saturated carbocycles. The number of rotatable bonds is 2. The fourth-order valence-electron chi connectivity index (χ4n) is 2.59. The first-order chi connectivity index (χ1) is 7.66. The minimum Gasteiger partial charge on any atom is -0.396 e. The summed E-state index contributed by atoms with van der Waals surface area (Å²) in [6.07, 6.45) is 5.60. The average molecular weight is 219 g/mol. The Morgan fingerprint density at radius 2 is 2.19 bits per heavy atom. The van der Waals surface area contributed by atoms with Gasteiger partial charge in [0.1, 0.15) is 5.82 Å². The fraction of sp³-hybridized carbons (Fsp3) is 0.615. The van der Waals surface area contributed by atoms with Gasteiger partial charge >= 0.3 is 0 Å². The Hall–Kier alpha value is -1.25. The van der Waals surface area contributed by atoms with Crippen LogP contribution in [0.2, 0.25) is 0 Å². The number of aromatic nitrogens is 1. The van der Waals surface area contributed by atoms with Crippen LogP contribution in [0, 0.1) is 11.8 Å². The fourth-order valence-corrected chi connectivity index (χ4v) is 2.59. The Bertz CT molecular complexity index is 351. The molecule has 1 aliphatic carbocycles. The highest BCUT2D eigenvalue weighted by atomic mass is 15.0. The van der Waals surface area contributed by atoms with Crippen molar-refractivity contribution in [2.75, 3.05) is 11.1 Å². The first-order valence-electron chi connectivity index (χ1n) is 6.14. The zero-order valence-electron chi connectivity index (χ0n) is 10.1. The van der Waals surface area contributed by atoms with Gasteiger partial charge in [-0.3, -0.25) is 0 Å². The maximum absolute atomic E-state index is 5.89. The summed E-state index contributed by atoms with van der Waals surface area (Å²) in [7, 11) is 0. The summed E-state index contributed by atoms with van der Waals surface area (Å²) in [6, 6.07) is 4.28. The molecule has 16 heavy (non-hydrogen) atoms. The quantitative estimate of drug-likeness (QED) is 0.804. The van der Waals surface area contributed by atoms with Crippen molar-refractivity contribution < 1.29 is 0 Å². The van der Waals surface area contributed by atoms with Crippen LogP contribution in [0.15, 0.2) is 18.3 Å². The average Bonchev–Trinajstić information content (AvgIpc) is 2.25. The molecule has 0 aliphatic heterocycles. The van der Waals surface area contributed by atoms with E-state index in [0.717, 1.165) is 17.4 Å². The molecule has 0 saturated heterocycles. The third-order valence-electron chi connectivity index (χ3n) is 3.59. The van der Waals surface area contributed by atoms with E-state index >= 15 is 0 Å². The van der Waals surface area contributed by atoms with Crippen molar-refractivity contribution in [3.8, 4) is 0 Å². The van der Waals surface area contributed by atoms with E-state index in [0.29, 0.717) is 12.0 Å². The molecule has 0 spiro atoms. The molecule has 0 aromatic carbocycles. The minimum atomic E-state index is 0.522. The van der Waals surface area contributed by atoms with Crippen LogP contribution < -0.4 is 11.1 Å². The van der Waals surface area contributed by atoms with Crippen molar-refractivity contribution in [3.05, 3.63) is 18.3 Å². The van der Waals surface area contributed by atoms with Gasteiger partial charge in [-0.05, 0) is 43.2 Å². The van der Waals surface area contributed by atoms with E-state index in [1.54, 1.807) is 6.20 Å². The lowest BCUT2D eigenvalue weighted by atomic mass is 9.80. The molecule has 2 rings (SSSR count). The highest BCUT2D eigenvalue weighted by Gasteiger charge is 2.25. The number of nitrogens with one attached hydrogen (secondary N) is 1. The molecule has 1 aromatic heterocycles. The highest BCUT2D eigenvalue weighted by molar-refractivity contribution is 5.60.